The van der Waals surface area contributed by atoms with E-state index in [1.807, 2.05) is 31.2 Å². The van der Waals surface area contributed by atoms with Crippen molar-refractivity contribution in [3.8, 4) is 5.75 Å². The molecule has 2 amide bonds. The third-order valence-corrected chi connectivity index (χ3v) is 4.25. The van der Waals surface area contributed by atoms with E-state index in [1.165, 1.54) is 5.56 Å². The van der Waals surface area contributed by atoms with Crippen molar-refractivity contribution in [2.45, 2.75) is 19.8 Å². The molecule has 3 aromatic rings. The maximum absolute atomic E-state index is 12.1. The van der Waals surface area contributed by atoms with E-state index < -0.39 is 0 Å². The van der Waals surface area contributed by atoms with Crippen LogP contribution in [0.5, 0.6) is 5.75 Å². The van der Waals surface area contributed by atoms with E-state index in [0.29, 0.717) is 38.1 Å². The molecule has 0 aliphatic carbocycles. The van der Waals surface area contributed by atoms with Crippen molar-refractivity contribution in [3.05, 3.63) is 59.9 Å². The molecule has 0 unspecified atom stereocenters. The number of aromatic nitrogens is 2. The Bertz CT molecular complexity index is 934. The maximum Gasteiger partial charge on any atom is 0.251 e. The first-order valence-electron chi connectivity index (χ1n) is 9.29. The number of nitrogens with zero attached hydrogens (tertiary/aromatic N) is 1. The number of carbonyl (C=O) groups excluding carboxylic acids is 2. The Kier molecular flexibility index (Phi) is 6.62. The fourth-order valence-corrected chi connectivity index (χ4v) is 2.70. The van der Waals surface area contributed by atoms with Crippen LogP contribution in [0.1, 0.15) is 28.8 Å². The molecule has 0 bridgehead atoms. The molecular formula is C21H24N4O3. The third-order valence-electron chi connectivity index (χ3n) is 4.25. The summed E-state index contributed by atoms with van der Waals surface area (Å²) in [4.78, 5) is 31.1. The predicted molar refractivity (Wildman–Crippen MR) is 107 cm³/mol. The van der Waals surface area contributed by atoms with Crippen molar-refractivity contribution in [2.75, 3.05) is 19.7 Å². The highest BCUT2D eigenvalue weighted by Gasteiger charge is 2.07. The molecule has 0 aliphatic heterocycles. The van der Waals surface area contributed by atoms with E-state index in [-0.39, 0.29) is 11.8 Å². The number of ether oxygens (including phenoxy) is 1. The van der Waals surface area contributed by atoms with E-state index in [1.54, 1.807) is 24.5 Å². The van der Waals surface area contributed by atoms with Gasteiger partial charge in [-0.25, -0.2) is 4.98 Å². The number of rotatable bonds is 9. The van der Waals surface area contributed by atoms with Gasteiger partial charge in [-0.05, 0) is 43.7 Å². The Morgan fingerprint density at radius 3 is 2.68 bits per heavy atom. The second-order valence-corrected chi connectivity index (χ2v) is 6.51. The molecule has 1 aromatic heterocycles. The predicted octanol–water partition coefficient (Wildman–Crippen LogP) is 2.58. The molecular weight excluding hydrogens is 356 g/mol. The summed E-state index contributed by atoms with van der Waals surface area (Å²) in [5.74, 6) is 0.569. The molecule has 0 saturated carbocycles. The van der Waals surface area contributed by atoms with Crippen LogP contribution in [0.4, 0.5) is 0 Å². The number of nitrogens with one attached hydrogen (secondary N) is 3. The van der Waals surface area contributed by atoms with Crippen molar-refractivity contribution in [2.24, 2.45) is 0 Å². The van der Waals surface area contributed by atoms with Gasteiger partial charge in [-0.3, -0.25) is 9.59 Å². The monoisotopic (exact) mass is 380 g/mol. The van der Waals surface area contributed by atoms with E-state index in [9.17, 15) is 9.59 Å². The van der Waals surface area contributed by atoms with Crippen LogP contribution in [0.3, 0.4) is 0 Å². The van der Waals surface area contributed by atoms with Gasteiger partial charge in [0.25, 0.3) is 5.91 Å². The van der Waals surface area contributed by atoms with Crippen LogP contribution in [0.25, 0.3) is 11.0 Å². The summed E-state index contributed by atoms with van der Waals surface area (Å²) in [5.41, 5.74) is 3.36. The summed E-state index contributed by atoms with van der Waals surface area (Å²) in [6, 6.07) is 13.1. The average Bonchev–Trinajstić information content (AvgIpc) is 3.17. The number of aryl methyl sites for hydroxylation is 1. The van der Waals surface area contributed by atoms with Gasteiger partial charge in [0.1, 0.15) is 5.75 Å². The van der Waals surface area contributed by atoms with Crippen molar-refractivity contribution in [1.29, 1.82) is 0 Å². The van der Waals surface area contributed by atoms with E-state index in [0.717, 1.165) is 16.8 Å². The Hall–Kier alpha value is -3.35. The molecule has 28 heavy (non-hydrogen) atoms. The Labute approximate surface area is 163 Å². The number of imidazole rings is 1. The highest BCUT2D eigenvalue weighted by molar-refractivity contribution is 5.97. The number of aromatic amines is 1. The second-order valence-electron chi connectivity index (χ2n) is 6.51. The minimum absolute atomic E-state index is 0.0550. The zero-order chi connectivity index (χ0) is 19.8. The lowest BCUT2D eigenvalue weighted by Crippen LogP contribution is -2.34. The first-order chi connectivity index (χ1) is 13.6. The summed E-state index contributed by atoms with van der Waals surface area (Å²) in [6.45, 7) is 3.26. The second kappa shape index (κ2) is 9.55. The zero-order valence-corrected chi connectivity index (χ0v) is 15.8. The molecule has 146 valence electrons. The topological polar surface area (TPSA) is 96.1 Å². The number of benzene rings is 2. The Morgan fingerprint density at radius 1 is 1.07 bits per heavy atom. The van der Waals surface area contributed by atoms with Crippen molar-refractivity contribution < 1.29 is 14.3 Å². The van der Waals surface area contributed by atoms with E-state index in [2.05, 4.69) is 20.6 Å². The molecule has 7 heteroatoms. The van der Waals surface area contributed by atoms with Gasteiger partial charge in [0, 0.05) is 25.1 Å². The summed E-state index contributed by atoms with van der Waals surface area (Å²) in [6.07, 6.45) is 2.61. The first kappa shape index (κ1) is 19.4. The fourth-order valence-electron chi connectivity index (χ4n) is 2.70. The number of fused-ring (bicyclic) bond motifs is 1. The molecule has 0 spiro atoms. The minimum Gasteiger partial charge on any atom is -0.494 e. The highest BCUT2D eigenvalue weighted by atomic mass is 16.5. The van der Waals surface area contributed by atoms with Crippen molar-refractivity contribution in [1.82, 2.24) is 20.6 Å². The van der Waals surface area contributed by atoms with Gasteiger partial charge in [-0.2, -0.15) is 0 Å². The summed E-state index contributed by atoms with van der Waals surface area (Å²) < 4.78 is 5.60. The van der Waals surface area contributed by atoms with Gasteiger partial charge in [0.2, 0.25) is 5.91 Å². The molecule has 3 rings (SSSR count). The first-order valence-corrected chi connectivity index (χ1v) is 9.29. The minimum atomic E-state index is -0.183. The lowest BCUT2D eigenvalue weighted by molar-refractivity contribution is -0.121. The Balaban J connectivity index is 1.28. The van der Waals surface area contributed by atoms with Crippen LogP contribution in [-0.2, 0) is 4.79 Å². The SMILES string of the molecule is Cc1ccc(OCCCC(=O)NCCNC(=O)c2ccc3nc[nH]c3c2)cc1. The van der Waals surface area contributed by atoms with Crippen LogP contribution >= 0.6 is 0 Å². The highest BCUT2D eigenvalue weighted by Crippen LogP contribution is 2.12. The zero-order valence-electron chi connectivity index (χ0n) is 15.8. The molecule has 0 fully saturated rings. The van der Waals surface area contributed by atoms with Gasteiger partial charge in [-0.1, -0.05) is 17.7 Å². The number of amides is 2. The number of carbonyl (C=O) groups is 2. The fraction of sp³-hybridized carbons (Fsp3) is 0.286. The molecule has 0 aliphatic rings. The van der Waals surface area contributed by atoms with Gasteiger partial charge >= 0.3 is 0 Å². The van der Waals surface area contributed by atoms with Crippen LogP contribution < -0.4 is 15.4 Å². The van der Waals surface area contributed by atoms with E-state index in [4.69, 9.17) is 4.74 Å². The van der Waals surface area contributed by atoms with Crippen LogP contribution in [0.2, 0.25) is 0 Å². The lowest BCUT2D eigenvalue weighted by atomic mass is 10.2. The van der Waals surface area contributed by atoms with E-state index >= 15 is 0 Å². The van der Waals surface area contributed by atoms with Crippen molar-refractivity contribution in [3.63, 3.8) is 0 Å². The van der Waals surface area contributed by atoms with Gasteiger partial charge in [-0.15, -0.1) is 0 Å². The molecule has 2 aromatic carbocycles. The van der Waals surface area contributed by atoms with Gasteiger partial charge in [0.15, 0.2) is 0 Å². The maximum atomic E-state index is 12.1. The third kappa shape index (κ3) is 5.57. The quantitative estimate of drug-likeness (QED) is 0.497. The largest absolute Gasteiger partial charge is 0.494 e. The van der Waals surface area contributed by atoms with Crippen LogP contribution in [0.15, 0.2) is 48.8 Å². The molecule has 0 atom stereocenters. The van der Waals surface area contributed by atoms with Crippen molar-refractivity contribution >= 4 is 22.8 Å². The summed E-state index contributed by atoms with van der Waals surface area (Å²) in [5, 5.41) is 5.59. The summed E-state index contributed by atoms with van der Waals surface area (Å²) >= 11 is 0. The number of hydrogen-bond donors (Lipinski definition) is 3. The summed E-state index contributed by atoms with van der Waals surface area (Å²) in [7, 11) is 0. The standard InChI is InChI=1S/C21H24N4O3/c1-15-4-7-17(8-5-15)28-12-2-3-20(26)22-10-11-23-21(27)16-6-9-18-19(13-16)25-14-24-18/h4-9,13-14H,2-3,10-12H2,1H3,(H,22,26)(H,23,27)(H,24,25). The molecule has 3 N–H and O–H groups in total. The van der Waals surface area contributed by atoms with Crippen LogP contribution in [-0.4, -0.2) is 41.5 Å². The average molecular weight is 380 g/mol. The molecule has 0 radical (unpaired) electrons. The van der Waals surface area contributed by atoms with Crippen LogP contribution in [0, 0.1) is 6.92 Å². The van der Waals surface area contributed by atoms with Gasteiger partial charge in [0.05, 0.1) is 24.0 Å². The molecule has 0 saturated heterocycles. The molecule has 1 heterocycles. The lowest BCUT2D eigenvalue weighted by Gasteiger charge is -2.08. The normalized spacial score (nSPS) is 10.6. The van der Waals surface area contributed by atoms with Gasteiger partial charge < -0.3 is 20.4 Å². The number of H-pyrrole nitrogens is 1. The number of hydrogen-bond acceptors (Lipinski definition) is 4. The Morgan fingerprint density at radius 2 is 1.86 bits per heavy atom. The molecule has 7 nitrogen and oxygen atoms in total. The smallest absolute Gasteiger partial charge is 0.251 e.